The molecule has 7 heteroatoms. The third kappa shape index (κ3) is 9.57. The van der Waals surface area contributed by atoms with Crippen LogP contribution in [0.2, 0.25) is 0 Å². The van der Waals surface area contributed by atoms with E-state index in [1.807, 2.05) is 18.2 Å². The highest BCUT2D eigenvalue weighted by Gasteiger charge is 2.43. The SMILES string of the molecule is CC(C)(C)c1cc2c3c(c1)N(c1c(-c4cccc(-c5ccccc5)c4)cccc1-c1cccc(-c4ccccc4)c1)c1cc(N(c4ccccc4)c4ccc5oc6ccccc6c5c4)ccc1B3c1ccc(N(c3ccccc3)c3ccc4oc5ccccc5c4c3)cc1N2. The quantitative estimate of drug-likeness (QED) is 0.130. The van der Waals surface area contributed by atoms with Gasteiger partial charge in [0.25, 0.3) is 6.71 Å². The lowest BCUT2D eigenvalue weighted by Crippen LogP contribution is -2.60. The molecule has 95 heavy (non-hydrogen) atoms. The maximum absolute atomic E-state index is 6.49. The van der Waals surface area contributed by atoms with Crippen molar-refractivity contribution in [2.24, 2.45) is 0 Å². The zero-order valence-corrected chi connectivity index (χ0v) is 52.8. The Morgan fingerprint density at radius 3 is 1.28 bits per heavy atom. The highest BCUT2D eigenvalue weighted by Crippen LogP contribution is 2.52. The van der Waals surface area contributed by atoms with E-state index in [0.29, 0.717) is 0 Å². The van der Waals surface area contributed by atoms with Crippen LogP contribution in [0.15, 0.2) is 330 Å². The van der Waals surface area contributed by atoms with E-state index in [1.54, 1.807) is 0 Å². The van der Waals surface area contributed by atoms with E-state index in [0.717, 1.165) is 140 Å². The van der Waals surface area contributed by atoms with Crippen molar-refractivity contribution in [2.75, 3.05) is 20.0 Å². The highest BCUT2D eigenvalue weighted by atomic mass is 16.3. The van der Waals surface area contributed by atoms with Gasteiger partial charge in [-0.25, -0.2) is 0 Å². The van der Waals surface area contributed by atoms with E-state index in [4.69, 9.17) is 8.83 Å². The smallest absolute Gasteiger partial charge is 0.252 e. The second-order valence-electron chi connectivity index (χ2n) is 26.1. The van der Waals surface area contributed by atoms with Gasteiger partial charge < -0.3 is 28.9 Å². The van der Waals surface area contributed by atoms with E-state index >= 15 is 0 Å². The van der Waals surface area contributed by atoms with Crippen LogP contribution < -0.4 is 36.4 Å². The van der Waals surface area contributed by atoms with Crippen LogP contribution in [0.25, 0.3) is 88.4 Å². The Morgan fingerprint density at radius 2 is 0.747 bits per heavy atom. The number of rotatable bonds is 11. The van der Waals surface area contributed by atoms with E-state index in [9.17, 15) is 0 Å². The van der Waals surface area contributed by atoms with Crippen LogP contribution in [-0.2, 0) is 5.41 Å². The zero-order chi connectivity index (χ0) is 63.3. The van der Waals surface area contributed by atoms with Crippen LogP contribution in [0.5, 0.6) is 0 Å². The molecule has 2 aliphatic heterocycles. The maximum Gasteiger partial charge on any atom is 0.252 e. The first-order chi connectivity index (χ1) is 46.7. The Hall–Kier alpha value is -12.1. The van der Waals surface area contributed by atoms with Gasteiger partial charge in [-0.2, -0.15) is 0 Å². The molecule has 14 aromatic carbocycles. The Balaban J connectivity index is 0.908. The maximum atomic E-state index is 6.49. The normalized spacial score (nSPS) is 12.4. The molecule has 0 saturated carbocycles. The second kappa shape index (κ2) is 22.4. The number of hydrogen-bond donors (Lipinski definition) is 1. The van der Waals surface area contributed by atoms with Crippen LogP contribution in [0.1, 0.15) is 26.3 Å². The first kappa shape index (κ1) is 55.8. The Kier molecular flexibility index (Phi) is 13.1. The molecule has 0 fully saturated rings. The molecule has 0 radical (unpaired) electrons. The van der Waals surface area contributed by atoms with Gasteiger partial charge >= 0.3 is 0 Å². The van der Waals surface area contributed by atoms with Gasteiger partial charge in [-0.3, -0.25) is 0 Å². The third-order valence-corrected chi connectivity index (χ3v) is 19.3. The van der Waals surface area contributed by atoms with Gasteiger partial charge in [-0.1, -0.05) is 221 Å². The molecule has 0 bridgehead atoms. The average molecular weight is 1220 g/mol. The summed E-state index contributed by atoms with van der Waals surface area (Å²) in [6.45, 7) is 6.83. The number of hydrogen-bond acceptors (Lipinski definition) is 6. The zero-order valence-electron chi connectivity index (χ0n) is 52.8. The monoisotopic (exact) mass is 1220 g/mol. The van der Waals surface area contributed by atoms with Crippen molar-refractivity contribution in [1.29, 1.82) is 0 Å². The second-order valence-corrected chi connectivity index (χ2v) is 26.1. The number of fused-ring (bicyclic) bond motifs is 10. The molecule has 16 aromatic rings. The molecular formula is C88H63BN4O2. The molecular weight excluding hydrogens is 1160 g/mol. The summed E-state index contributed by atoms with van der Waals surface area (Å²) in [6.07, 6.45) is 0. The summed E-state index contributed by atoms with van der Waals surface area (Å²) in [6, 6.07) is 117. The Bertz CT molecular complexity index is 5560. The minimum absolute atomic E-state index is 0.185. The van der Waals surface area contributed by atoms with Gasteiger partial charge in [0.15, 0.2) is 0 Å². The van der Waals surface area contributed by atoms with Gasteiger partial charge in [0.1, 0.15) is 22.3 Å². The van der Waals surface area contributed by atoms with Crippen molar-refractivity contribution in [3.8, 4) is 44.5 Å². The largest absolute Gasteiger partial charge is 0.456 e. The van der Waals surface area contributed by atoms with Crippen molar-refractivity contribution in [3.05, 3.63) is 327 Å². The molecule has 4 heterocycles. The topological polar surface area (TPSA) is 48.0 Å². The van der Waals surface area contributed by atoms with E-state index in [1.165, 1.54) is 33.1 Å². The Labute approximate surface area is 552 Å². The summed E-state index contributed by atoms with van der Waals surface area (Å²) < 4.78 is 12.9. The molecule has 6 nitrogen and oxygen atoms in total. The standard InChI is InChI=1S/C88H63BN4O2/c1-88(2,3)63-51-79-86-81(52-63)93(87-70(61-29-20-27-59(49-61)57-23-8-4-9-24-57)37-22-38-71(87)62-30-21-28-60(50-62)58-25-10-5-11-26-58)80-56-69(92(65-33-14-7-15-34-65)67-44-48-85-75(54-67)73-36-17-19-40-83(73)95-85)42-46-77(80)89(86)76-45-41-68(55-78(76)90-79)91(64-31-12-6-13-32-64)66-43-47-84-74(53-66)72-35-16-18-39-82(72)94-84/h4-56,90H,1-3H3. The van der Waals surface area contributed by atoms with Gasteiger partial charge in [0.05, 0.1) is 5.69 Å². The molecule has 0 saturated heterocycles. The molecule has 1 N–H and O–H groups in total. The first-order valence-corrected chi connectivity index (χ1v) is 32.7. The lowest BCUT2D eigenvalue weighted by molar-refractivity contribution is 0.591. The van der Waals surface area contributed by atoms with E-state index in [-0.39, 0.29) is 12.1 Å². The van der Waals surface area contributed by atoms with Crippen molar-refractivity contribution in [3.63, 3.8) is 0 Å². The van der Waals surface area contributed by atoms with Crippen LogP contribution in [0.3, 0.4) is 0 Å². The molecule has 18 rings (SSSR count). The summed E-state index contributed by atoms with van der Waals surface area (Å²) in [7, 11) is 0. The van der Waals surface area contributed by atoms with Crippen molar-refractivity contribution in [2.45, 2.75) is 26.2 Å². The van der Waals surface area contributed by atoms with Gasteiger partial charge in [0, 0.05) is 89.5 Å². The fraction of sp³-hybridized carbons (Fsp3) is 0.0455. The van der Waals surface area contributed by atoms with Crippen LogP contribution in [-0.4, -0.2) is 6.71 Å². The lowest BCUT2D eigenvalue weighted by atomic mass is 9.33. The summed E-state index contributed by atoms with van der Waals surface area (Å²) in [4.78, 5) is 7.43. The first-order valence-electron chi connectivity index (χ1n) is 32.7. The van der Waals surface area contributed by atoms with Gasteiger partial charge in [-0.15, -0.1) is 0 Å². The number of anilines is 11. The fourth-order valence-electron chi connectivity index (χ4n) is 14.8. The van der Waals surface area contributed by atoms with Gasteiger partial charge in [0.2, 0.25) is 0 Å². The minimum Gasteiger partial charge on any atom is -0.456 e. The summed E-state index contributed by atoms with van der Waals surface area (Å²) in [5.74, 6) is 0. The number of furan rings is 2. The number of nitrogens with zero attached hydrogens (tertiary/aromatic N) is 3. The predicted octanol–water partition coefficient (Wildman–Crippen LogP) is 22.7. The molecule has 0 spiro atoms. The Morgan fingerprint density at radius 1 is 0.316 bits per heavy atom. The molecule has 0 atom stereocenters. The van der Waals surface area contributed by atoms with Crippen LogP contribution in [0.4, 0.5) is 62.6 Å². The molecule has 450 valence electrons. The lowest BCUT2D eigenvalue weighted by Gasteiger charge is -2.43. The highest BCUT2D eigenvalue weighted by molar-refractivity contribution is 7.00. The third-order valence-electron chi connectivity index (χ3n) is 19.3. The number of nitrogens with one attached hydrogen (secondary N) is 1. The molecule has 0 aliphatic carbocycles. The number of para-hydroxylation sites is 5. The van der Waals surface area contributed by atoms with Crippen molar-refractivity contribution < 1.29 is 8.83 Å². The summed E-state index contributed by atoms with van der Waals surface area (Å²) >= 11 is 0. The molecule has 0 unspecified atom stereocenters. The van der Waals surface area contributed by atoms with E-state index < -0.39 is 0 Å². The molecule has 0 amide bonds. The molecule has 2 aromatic heterocycles. The average Bonchev–Trinajstić information content (AvgIpc) is 1.40. The fourth-order valence-corrected chi connectivity index (χ4v) is 14.8. The molecule has 2 aliphatic rings. The van der Waals surface area contributed by atoms with Crippen molar-refractivity contribution in [1.82, 2.24) is 0 Å². The van der Waals surface area contributed by atoms with Crippen LogP contribution >= 0.6 is 0 Å². The predicted molar refractivity (Wildman–Crippen MR) is 400 cm³/mol. The summed E-state index contributed by atoms with van der Waals surface area (Å²) in [5.41, 5.74) is 28.8. The minimum atomic E-state index is -0.255. The van der Waals surface area contributed by atoms with E-state index in [2.05, 4.69) is 344 Å². The van der Waals surface area contributed by atoms with Crippen molar-refractivity contribution >= 4 is 130 Å². The van der Waals surface area contributed by atoms with Crippen LogP contribution in [0, 0.1) is 0 Å². The van der Waals surface area contributed by atoms with Gasteiger partial charge in [-0.05, 0) is 182 Å². The number of benzene rings is 14. The summed E-state index contributed by atoms with van der Waals surface area (Å²) in [5, 5.41) is 8.52.